The minimum Gasteiger partial charge on any atom is -0.458 e. The molecule has 6 nitrogen and oxygen atoms in total. The van der Waals surface area contributed by atoms with Crippen LogP contribution < -0.4 is 4.90 Å². The Bertz CT molecular complexity index is 833. The van der Waals surface area contributed by atoms with Crippen LogP contribution in [-0.4, -0.2) is 61.0 Å². The van der Waals surface area contributed by atoms with E-state index in [1.54, 1.807) is 0 Å². The number of Topliss-reactive ketones (excluding diaryl/α,β-unsaturated/α-hetero) is 1. The molecule has 1 aromatic carbocycles. The van der Waals surface area contributed by atoms with Gasteiger partial charge in [0.2, 0.25) is 0 Å². The predicted molar refractivity (Wildman–Crippen MR) is 114 cm³/mol. The number of esters is 1. The molecule has 1 fully saturated rings. The quantitative estimate of drug-likeness (QED) is 0.615. The van der Waals surface area contributed by atoms with E-state index in [0.717, 1.165) is 56.2 Å². The van der Waals surface area contributed by atoms with Gasteiger partial charge in [-0.1, -0.05) is 29.8 Å². The number of rotatable bonds is 8. The minimum atomic E-state index is -0.304. The van der Waals surface area contributed by atoms with Crippen molar-refractivity contribution in [2.24, 2.45) is 0 Å². The SMILES string of the molecule is CC(=O)COC(=O)CCCN1CCN(c2cccc(-c3ccc(Cl)cc3)n2)CC1. The Labute approximate surface area is 176 Å². The summed E-state index contributed by atoms with van der Waals surface area (Å²) in [7, 11) is 0. The maximum atomic E-state index is 11.6. The number of halogens is 1. The summed E-state index contributed by atoms with van der Waals surface area (Å²) in [5.41, 5.74) is 1.98. The van der Waals surface area contributed by atoms with Crippen LogP contribution in [0.1, 0.15) is 19.8 Å². The number of carbonyl (C=O) groups excluding carboxylic acids is 2. The number of hydrogen-bond acceptors (Lipinski definition) is 6. The Kier molecular flexibility index (Phi) is 7.61. The first-order valence-electron chi connectivity index (χ1n) is 9.86. The lowest BCUT2D eigenvalue weighted by atomic mass is 10.1. The van der Waals surface area contributed by atoms with Gasteiger partial charge in [-0.15, -0.1) is 0 Å². The van der Waals surface area contributed by atoms with Crippen molar-refractivity contribution in [1.29, 1.82) is 0 Å². The van der Waals surface area contributed by atoms with Crippen LogP contribution in [0.25, 0.3) is 11.3 Å². The molecular weight excluding hydrogens is 390 g/mol. The lowest BCUT2D eigenvalue weighted by Gasteiger charge is -2.35. The first-order valence-corrected chi connectivity index (χ1v) is 10.2. The molecule has 0 unspecified atom stereocenters. The fraction of sp³-hybridized carbons (Fsp3) is 0.409. The van der Waals surface area contributed by atoms with Crippen LogP contribution in [-0.2, 0) is 14.3 Å². The maximum Gasteiger partial charge on any atom is 0.306 e. The van der Waals surface area contributed by atoms with Crippen molar-refractivity contribution in [3.05, 3.63) is 47.5 Å². The van der Waals surface area contributed by atoms with E-state index in [-0.39, 0.29) is 18.4 Å². The van der Waals surface area contributed by atoms with Crippen LogP contribution in [0, 0.1) is 0 Å². The number of nitrogens with zero attached hydrogens (tertiary/aromatic N) is 3. The van der Waals surface area contributed by atoms with Gasteiger partial charge in [0, 0.05) is 43.2 Å². The van der Waals surface area contributed by atoms with E-state index >= 15 is 0 Å². The molecule has 7 heteroatoms. The molecule has 29 heavy (non-hydrogen) atoms. The molecule has 1 aliphatic rings. The summed E-state index contributed by atoms with van der Waals surface area (Å²) < 4.78 is 4.89. The van der Waals surface area contributed by atoms with Gasteiger partial charge < -0.3 is 9.64 Å². The van der Waals surface area contributed by atoms with Crippen molar-refractivity contribution in [2.75, 3.05) is 44.2 Å². The Morgan fingerprint density at radius 2 is 1.79 bits per heavy atom. The maximum absolute atomic E-state index is 11.6. The third-order valence-electron chi connectivity index (χ3n) is 4.86. The molecule has 1 aliphatic heterocycles. The summed E-state index contributed by atoms with van der Waals surface area (Å²) in [6.07, 6.45) is 1.08. The number of anilines is 1. The molecule has 154 valence electrons. The second-order valence-corrected chi connectivity index (χ2v) is 7.62. The number of benzene rings is 1. The lowest BCUT2D eigenvalue weighted by Crippen LogP contribution is -2.47. The van der Waals surface area contributed by atoms with E-state index in [4.69, 9.17) is 21.3 Å². The highest BCUT2D eigenvalue weighted by Gasteiger charge is 2.18. The van der Waals surface area contributed by atoms with E-state index in [1.807, 2.05) is 42.5 Å². The van der Waals surface area contributed by atoms with Crippen LogP contribution in [0.3, 0.4) is 0 Å². The molecule has 0 bridgehead atoms. The highest BCUT2D eigenvalue weighted by atomic mass is 35.5. The molecule has 0 N–H and O–H groups in total. The molecule has 0 spiro atoms. The zero-order chi connectivity index (χ0) is 20.6. The molecule has 0 saturated carbocycles. The Morgan fingerprint density at radius 3 is 2.48 bits per heavy atom. The van der Waals surface area contributed by atoms with Crippen molar-refractivity contribution >= 4 is 29.2 Å². The van der Waals surface area contributed by atoms with Crippen molar-refractivity contribution in [2.45, 2.75) is 19.8 Å². The standard InChI is InChI=1S/C22H26ClN3O3/c1-17(27)16-29-22(28)6-3-11-25-12-14-26(15-13-25)21-5-2-4-20(24-21)18-7-9-19(23)10-8-18/h2,4-5,7-10H,3,6,11-16H2,1H3. The Balaban J connectivity index is 1.46. The van der Waals surface area contributed by atoms with Gasteiger partial charge in [0.05, 0.1) is 5.69 Å². The van der Waals surface area contributed by atoms with E-state index in [1.165, 1.54) is 6.92 Å². The van der Waals surface area contributed by atoms with Gasteiger partial charge in [-0.25, -0.2) is 4.98 Å². The van der Waals surface area contributed by atoms with Crippen LogP contribution >= 0.6 is 11.6 Å². The van der Waals surface area contributed by atoms with Gasteiger partial charge in [0.15, 0.2) is 5.78 Å². The van der Waals surface area contributed by atoms with Crippen LogP contribution in [0.15, 0.2) is 42.5 Å². The molecule has 1 saturated heterocycles. The summed E-state index contributed by atoms with van der Waals surface area (Å²) in [4.78, 5) is 31.9. The molecule has 1 aromatic heterocycles. The summed E-state index contributed by atoms with van der Waals surface area (Å²) in [5, 5.41) is 0.716. The number of ether oxygens (including phenoxy) is 1. The first-order chi connectivity index (χ1) is 14.0. The van der Waals surface area contributed by atoms with E-state index < -0.39 is 0 Å². The monoisotopic (exact) mass is 415 g/mol. The zero-order valence-electron chi connectivity index (χ0n) is 16.6. The van der Waals surface area contributed by atoms with Crippen molar-refractivity contribution in [3.8, 4) is 11.3 Å². The Hall–Kier alpha value is -2.44. The number of pyridine rings is 1. The van der Waals surface area contributed by atoms with E-state index in [0.29, 0.717) is 11.4 Å². The molecule has 2 aromatic rings. The topological polar surface area (TPSA) is 62.7 Å². The van der Waals surface area contributed by atoms with Gasteiger partial charge in [-0.05, 0) is 44.2 Å². The molecule has 0 atom stereocenters. The summed E-state index contributed by atoms with van der Waals surface area (Å²) in [6, 6.07) is 13.8. The number of ketones is 1. The van der Waals surface area contributed by atoms with E-state index in [2.05, 4.69) is 9.80 Å². The molecule has 0 aliphatic carbocycles. The summed E-state index contributed by atoms with van der Waals surface area (Å²) in [6.45, 7) is 5.77. The van der Waals surface area contributed by atoms with Crippen molar-refractivity contribution < 1.29 is 14.3 Å². The number of hydrogen-bond donors (Lipinski definition) is 0. The summed E-state index contributed by atoms with van der Waals surface area (Å²) >= 11 is 5.97. The van der Waals surface area contributed by atoms with Gasteiger partial charge >= 0.3 is 5.97 Å². The third-order valence-corrected chi connectivity index (χ3v) is 5.11. The van der Waals surface area contributed by atoms with Gasteiger partial charge in [0.1, 0.15) is 12.4 Å². The van der Waals surface area contributed by atoms with Gasteiger partial charge in [-0.3, -0.25) is 14.5 Å². The number of piperazine rings is 1. The Morgan fingerprint density at radius 1 is 1.07 bits per heavy atom. The molecule has 2 heterocycles. The van der Waals surface area contributed by atoms with Gasteiger partial charge in [0.25, 0.3) is 0 Å². The largest absolute Gasteiger partial charge is 0.458 e. The van der Waals surface area contributed by atoms with Crippen LogP contribution in [0.5, 0.6) is 0 Å². The van der Waals surface area contributed by atoms with Crippen molar-refractivity contribution in [3.63, 3.8) is 0 Å². The smallest absolute Gasteiger partial charge is 0.306 e. The fourth-order valence-corrected chi connectivity index (χ4v) is 3.41. The molecule has 3 rings (SSSR count). The average Bonchev–Trinajstić information content (AvgIpc) is 2.73. The average molecular weight is 416 g/mol. The van der Waals surface area contributed by atoms with Crippen LogP contribution in [0.4, 0.5) is 5.82 Å². The van der Waals surface area contributed by atoms with Crippen molar-refractivity contribution in [1.82, 2.24) is 9.88 Å². The normalized spacial score (nSPS) is 14.6. The van der Waals surface area contributed by atoms with Gasteiger partial charge in [-0.2, -0.15) is 0 Å². The predicted octanol–water partition coefficient (Wildman–Crippen LogP) is 3.44. The molecule has 0 amide bonds. The number of aromatic nitrogens is 1. The number of carbonyl (C=O) groups is 2. The highest BCUT2D eigenvalue weighted by molar-refractivity contribution is 6.30. The molecule has 0 radical (unpaired) electrons. The zero-order valence-corrected chi connectivity index (χ0v) is 17.4. The van der Waals surface area contributed by atoms with Crippen LogP contribution in [0.2, 0.25) is 5.02 Å². The molecular formula is C22H26ClN3O3. The minimum absolute atomic E-state index is 0.125. The summed E-state index contributed by atoms with van der Waals surface area (Å²) in [5.74, 6) is 0.537. The van der Waals surface area contributed by atoms with E-state index in [9.17, 15) is 9.59 Å². The highest BCUT2D eigenvalue weighted by Crippen LogP contribution is 2.23. The first kappa shape index (κ1) is 21.3. The second kappa shape index (κ2) is 10.4. The third kappa shape index (κ3) is 6.54. The lowest BCUT2D eigenvalue weighted by molar-refractivity contribution is -0.147. The second-order valence-electron chi connectivity index (χ2n) is 7.18. The fourth-order valence-electron chi connectivity index (χ4n) is 3.28.